The van der Waals surface area contributed by atoms with Crippen LogP contribution in [0.3, 0.4) is 0 Å². The number of carbonyl (C=O) groups excluding carboxylic acids is 2. The minimum Gasteiger partial charge on any atom is -0.466 e. The lowest BCUT2D eigenvalue weighted by molar-refractivity contribution is -0.150. The maximum atomic E-state index is 11.8. The van der Waals surface area contributed by atoms with E-state index in [2.05, 4.69) is 6.58 Å². The van der Waals surface area contributed by atoms with E-state index in [1.165, 1.54) is 6.08 Å². The Bertz CT molecular complexity index is 312. The molecule has 102 valence electrons. The molecule has 0 spiro atoms. The SMILES string of the molecule is C=CC1(OCC)C(C(=O)OCC)C1C(=O)OCC. The Hall–Kier alpha value is -1.36. The van der Waals surface area contributed by atoms with E-state index in [9.17, 15) is 9.59 Å². The molecule has 2 atom stereocenters. The Morgan fingerprint density at radius 1 is 1.06 bits per heavy atom. The lowest BCUT2D eigenvalue weighted by Gasteiger charge is -2.12. The summed E-state index contributed by atoms with van der Waals surface area (Å²) in [4.78, 5) is 23.6. The van der Waals surface area contributed by atoms with E-state index in [0.29, 0.717) is 6.61 Å². The molecule has 0 amide bonds. The molecule has 0 heterocycles. The van der Waals surface area contributed by atoms with Crippen LogP contribution in [-0.2, 0) is 23.8 Å². The van der Waals surface area contributed by atoms with Crippen molar-refractivity contribution in [2.45, 2.75) is 26.4 Å². The third kappa shape index (κ3) is 2.41. The first kappa shape index (κ1) is 14.7. The second-order valence-electron chi connectivity index (χ2n) is 3.95. The summed E-state index contributed by atoms with van der Waals surface area (Å²) in [6.45, 7) is 9.82. The van der Waals surface area contributed by atoms with Crippen LogP contribution < -0.4 is 0 Å². The van der Waals surface area contributed by atoms with Crippen molar-refractivity contribution in [1.29, 1.82) is 0 Å². The van der Waals surface area contributed by atoms with E-state index in [1.54, 1.807) is 20.8 Å². The summed E-state index contributed by atoms with van der Waals surface area (Å²) >= 11 is 0. The monoisotopic (exact) mass is 256 g/mol. The molecule has 1 fully saturated rings. The highest BCUT2D eigenvalue weighted by Gasteiger charge is 2.73. The largest absolute Gasteiger partial charge is 0.466 e. The maximum Gasteiger partial charge on any atom is 0.313 e. The number of carbonyl (C=O) groups is 2. The highest BCUT2D eigenvalue weighted by atomic mass is 16.6. The van der Waals surface area contributed by atoms with Crippen LogP contribution in [0.15, 0.2) is 12.7 Å². The van der Waals surface area contributed by atoms with Crippen LogP contribution in [0.5, 0.6) is 0 Å². The van der Waals surface area contributed by atoms with Gasteiger partial charge in [-0.1, -0.05) is 6.08 Å². The molecule has 0 radical (unpaired) electrons. The van der Waals surface area contributed by atoms with Gasteiger partial charge in [0.2, 0.25) is 0 Å². The molecule has 1 rings (SSSR count). The number of esters is 2. The molecular formula is C13H20O5. The maximum absolute atomic E-state index is 11.8. The van der Waals surface area contributed by atoms with Gasteiger partial charge in [0, 0.05) is 6.61 Å². The molecule has 0 N–H and O–H groups in total. The van der Waals surface area contributed by atoms with E-state index >= 15 is 0 Å². The van der Waals surface area contributed by atoms with Crippen molar-refractivity contribution < 1.29 is 23.8 Å². The van der Waals surface area contributed by atoms with E-state index < -0.39 is 29.4 Å². The lowest BCUT2D eigenvalue weighted by atomic mass is 10.2. The van der Waals surface area contributed by atoms with Crippen LogP contribution in [0.2, 0.25) is 0 Å². The fourth-order valence-corrected chi connectivity index (χ4v) is 2.23. The van der Waals surface area contributed by atoms with E-state index in [1.807, 2.05) is 0 Å². The normalized spacial score (nSPS) is 29.5. The molecule has 0 aromatic carbocycles. The first-order valence-electron chi connectivity index (χ1n) is 6.19. The van der Waals surface area contributed by atoms with Gasteiger partial charge >= 0.3 is 11.9 Å². The Labute approximate surface area is 107 Å². The van der Waals surface area contributed by atoms with Gasteiger partial charge in [-0.05, 0) is 20.8 Å². The van der Waals surface area contributed by atoms with E-state index in [4.69, 9.17) is 14.2 Å². The fraction of sp³-hybridized carbons (Fsp3) is 0.692. The highest BCUT2D eigenvalue weighted by molar-refractivity contribution is 5.92. The van der Waals surface area contributed by atoms with Crippen molar-refractivity contribution in [3.8, 4) is 0 Å². The minimum atomic E-state index is -0.965. The molecule has 0 aromatic heterocycles. The molecule has 1 aliphatic carbocycles. The number of hydrogen-bond acceptors (Lipinski definition) is 5. The molecule has 0 aromatic rings. The number of ether oxygens (including phenoxy) is 3. The zero-order valence-electron chi connectivity index (χ0n) is 11.1. The minimum absolute atomic E-state index is 0.268. The summed E-state index contributed by atoms with van der Waals surface area (Å²) < 4.78 is 15.4. The molecule has 18 heavy (non-hydrogen) atoms. The van der Waals surface area contributed by atoms with Crippen molar-refractivity contribution >= 4 is 11.9 Å². The van der Waals surface area contributed by atoms with Gasteiger partial charge in [0.05, 0.1) is 13.2 Å². The summed E-state index contributed by atoms with van der Waals surface area (Å²) in [7, 11) is 0. The Balaban J connectivity index is 2.88. The molecule has 1 saturated carbocycles. The molecule has 5 nitrogen and oxygen atoms in total. The van der Waals surface area contributed by atoms with Gasteiger partial charge in [-0.25, -0.2) is 0 Å². The van der Waals surface area contributed by atoms with Gasteiger partial charge in [-0.15, -0.1) is 6.58 Å². The summed E-state index contributed by atoms with van der Waals surface area (Å²) in [6, 6.07) is 0. The zero-order valence-corrected chi connectivity index (χ0v) is 11.1. The predicted molar refractivity (Wildman–Crippen MR) is 64.8 cm³/mol. The van der Waals surface area contributed by atoms with Gasteiger partial charge in [0.15, 0.2) is 0 Å². The van der Waals surface area contributed by atoms with Crippen molar-refractivity contribution in [2.75, 3.05) is 19.8 Å². The molecule has 5 heteroatoms. The molecule has 1 aliphatic rings. The summed E-state index contributed by atoms with van der Waals surface area (Å²) in [5, 5.41) is 0. The summed E-state index contributed by atoms with van der Waals surface area (Å²) in [5.74, 6) is -2.17. The van der Waals surface area contributed by atoms with Gasteiger partial charge in [0.1, 0.15) is 17.4 Å². The number of hydrogen-bond donors (Lipinski definition) is 0. The summed E-state index contributed by atoms with van der Waals surface area (Å²) in [6.07, 6.45) is 1.50. The van der Waals surface area contributed by atoms with Crippen molar-refractivity contribution in [1.82, 2.24) is 0 Å². The van der Waals surface area contributed by atoms with Crippen molar-refractivity contribution in [3.63, 3.8) is 0 Å². The molecule has 2 unspecified atom stereocenters. The third-order valence-corrected chi connectivity index (χ3v) is 2.99. The van der Waals surface area contributed by atoms with E-state index in [-0.39, 0.29) is 13.2 Å². The Morgan fingerprint density at radius 2 is 1.50 bits per heavy atom. The zero-order chi connectivity index (χ0) is 13.8. The van der Waals surface area contributed by atoms with Gasteiger partial charge in [0.25, 0.3) is 0 Å². The van der Waals surface area contributed by atoms with Crippen LogP contribution in [0.1, 0.15) is 20.8 Å². The van der Waals surface area contributed by atoms with Crippen LogP contribution in [0, 0.1) is 11.8 Å². The van der Waals surface area contributed by atoms with Crippen LogP contribution in [-0.4, -0.2) is 37.4 Å². The second-order valence-corrected chi connectivity index (χ2v) is 3.95. The lowest BCUT2D eigenvalue weighted by Crippen LogP contribution is -2.21. The van der Waals surface area contributed by atoms with E-state index in [0.717, 1.165) is 0 Å². The third-order valence-electron chi connectivity index (χ3n) is 2.99. The highest BCUT2D eigenvalue weighted by Crippen LogP contribution is 2.55. The average molecular weight is 256 g/mol. The molecule has 0 aliphatic heterocycles. The average Bonchev–Trinajstić information content (AvgIpc) is 3.00. The first-order valence-corrected chi connectivity index (χ1v) is 6.19. The standard InChI is InChI=1S/C13H20O5/c1-5-13(18-8-4)9(11(14)16-6-2)10(13)12(15)17-7-3/h5,9-10H,1,6-8H2,2-4H3. The Kier molecular flexibility index (Phi) is 4.90. The number of rotatable bonds is 7. The Morgan fingerprint density at radius 3 is 1.78 bits per heavy atom. The first-order chi connectivity index (χ1) is 8.58. The molecular weight excluding hydrogens is 236 g/mol. The van der Waals surface area contributed by atoms with Crippen LogP contribution in [0.25, 0.3) is 0 Å². The topological polar surface area (TPSA) is 61.8 Å². The summed E-state index contributed by atoms with van der Waals surface area (Å²) in [5.41, 5.74) is -0.965. The predicted octanol–water partition coefficient (Wildman–Crippen LogP) is 1.32. The van der Waals surface area contributed by atoms with Gasteiger partial charge in [-0.2, -0.15) is 0 Å². The quantitative estimate of drug-likeness (QED) is 0.508. The van der Waals surface area contributed by atoms with Crippen molar-refractivity contribution in [2.24, 2.45) is 11.8 Å². The molecule has 0 bridgehead atoms. The smallest absolute Gasteiger partial charge is 0.313 e. The second kappa shape index (κ2) is 6.00. The fourth-order valence-electron chi connectivity index (χ4n) is 2.23. The molecule has 0 saturated heterocycles. The van der Waals surface area contributed by atoms with Crippen LogP contribution >= 0.6 is 0 Å². The van der Waals surface area contributed by atoms with Crippen LogP contribution in [0.4, 0.5) is 0 Å². The van der Waals surface area contributed by atoms with Crippen molar-refractivity contribution in [3.05, 3.63) is 12.7 Å². The van der Waals surface area contributed by atoms with Gasteiger partial charge in [-0.3, -0.25) is 9.59 Å². The van der Waals surface area contributed by atoms with Gasteiger partial charge < -0.3 is 14.2 Å².